The molecule has 1 N–H and O–H groups in total. The van der Waals surface area contributed by atoms with E-state index in [9.17, 15) is 21.6 Å². The van der Waals surface area contributed by atoms with Gasteiger partial charge in [0.25, 0.3) is 0 Å². The van der Waals surface area contributed by atoms with E-state index >= 15 is 0 Å². The molecule has 0 aliphatic heterocycles. The van der Waals surface area contributed by atoms with Crippen molar-refractivity contribution in [3.63, 3.8) is 0 Å². The second-order valence-corrected chi connectivity index (χ2v) is 6.46. The fourth-order valence-electron chi connectivity index (χ4n) is 1.99. The van der Waals surface area contributed by atoms with Crippen LogP contribution in [0.25, 0.3) is 11.1 Å². The molecular weight excluding hydrogens is 349 g/mol. The summed E-state index contributed by atoms with van der Waals surface area (Å²) in [5, 5.41) is 0. The maximum atomic E-state index is 12.7. The number of benzene rings is 1. The van der Waals surface area contributed by atoms with Gasteiger partial charge in [0.05, 0.1) is 19.1 Å². The fourth-order valence-corrected chi connectivity index (χ4v) is 2.55. The molecule has 0 amide bonds. The average Bonchev–Trinajstić information content (AvgIpc) is 2.44. The lowest BCUT2D eigenvalue weighted by Gasteiger charge is -2.16. The van der Waals surface area contributed by atoms with Crippen molar-refractivity contribution in [3.8, 4) is 22.6 Å². The van der Waals surface area contributed by atoms with Crippen LogP contribution in [0.5, 0.6) is 11.5 Å². The van der Waals surface area contributed by atoms with Crippen molar-refractivity contribution in [3.05, 3.63) is 36.7 Å². The van der Waals surface area contributed by atoms with Gasteiger partial charge in [0.15, 0.2) is 0 Å². The lowest BCUT2D eigenvalue weighted by atomic mass is 10.1. The summed E-state index contributed by atoms with van der Waals surface area (Å²) in [6, 6.07) is 5.02. The van der Waals surface area contributed by atoms with Crippen molar-refractivity contribution in [2.45, 2.75) is 6.36 Å². The van der Waals surface area contributed by atoms with Crippen LogP contribution in [0.3, 0.4) is 0 Å². The average molecular weight is 362 g/mol. The standard InChI is InChI=1S/C14H13F3N2O4S/c1-22-12-5-6-18-8-11(12)10-4-3-9(19-24(2,20)21)7-13(10)23-14(15,16)17/h3-8,19H,1-2H3. The van der Waals surface area contributed by atoms with Crippen LogP contribution >= 0.6 is 0 Å². The number of ether oxygens (including phenoxy) is 2. The number of hydrogen-bond donors (Lipinski definition) is 1. The normalized spacial score (nSPS) is 11.9. The molecule has 0 radical (unpaired) electrons. The van der Waals surface area contributed by atoms with E-state index < -0.39 is 22.1 Å². The van der Waals surface area contributed by atoms with Crippen molar-refractivity contribution >= 4 is 15.7 Å². The molecule has 0 unspecified atom stereocenters. The molecule has 0 atom stereocenters. The smallest absolute Gasteiger partial charge is 0.496 e. The van der Waals surface area contributed by atoms with E-state index in [0.29, 0.717) is 5.75 Å². The third-order valence-corrected chi connectivity index (χ3v) is 3.41. The minimum Gasteiger partial charge on any atom is -0.496 e. The van der Waals surface area contributed by atoms with Gasteiger partial charge in [-0.25, -0.2) is 8.42 Å². The summed E-state index contributed by atoms with van der Waals surface area (Å²) < 4.78 is 71.8. The van der Waals surface area contributed by atoms with Crippen LogP contribution in [0.15, 0.2) is 36.7 Å². The van der Waals surface area contributed by atoms with Gasteiger partial charge in [-0.3, -0.25) is 9.71 Å². The maximum absolute atomic E-state index is 12.7. The SMILES string of the molecule is COc1ccncc1-c1ccc(NS(C)(=O)=O)cc1OC(F)(F)F. The lowest BCUT2D eigenvalue weighted by Crippen LogP contribution is -2.18. The Labute approximate surface area is 136 Å². The van der Waals surface area contributed by atoms with Gasteiger partial charge in [-0.15, -0.1) is 13.2 Å². The number of pyridine rings is 1. The van der Waals surface area contributed by atoms with E-state index in [4.69, 9.17) is 4.74 Å². The molecule has 10 heteroatoms. The third-order valence-electron chi connectivity index (χ3n) is 2.80. The number of rotatable bonds is 5. The number of anilines is 1. The van der Waals surface area contributed by atoms with Gasteiger partial charge in [0.1, 0.15) is 11.5 Å². The highest BCUT2D eigenvalue weighted by Crippen LogP contribution is 2.39. The molecule has 24 heavy (non-hydrogen) atoms. The van der Waals surface area contributed by atoms with Gasteiger partial charge in [-0.2, -0.15) is 0 Å². The minimum atomic E-state index is -4.95. The molecule has 0 fully saturated rings. The number of hydrogen-bond acceptors (Lipinski definition) is 5. The highest BCUT2D eigenvalue weighted by molar-refractivity contribution is 7.92. The van der Waals surface area contributed by atoms with Crippen LogP contribution in [-0.2, 0) is 10.0 Å². The summed E-state index contributed by atoms with van der Waals surface area (Å²) >= 11 is 0. The second kappa shape index (κ2) is 6.56. The van der Waals surface area contributed by atoms with Gasteiger partial charge in [0, 0.05) is 29.6 Å². The van der Waals surface area contributed by atoms with Gasteiger partial charge in [0.2, 0.25) is 10.0 Å². The number of methoxy groups -OCH3 is 1. The number of aromatic nitrogens is 1. The zero-order chi connectivity index (χ0) is 18.0. The predicted octanol–water partition coefficient (Wildman–Crippen LogP) is 3.03. The van der Waals surface area contributed by atoms with Crippen molar-refractivity contribution in [2.24, 2.45) is 0 Å². The summed E-state index contributed by atoms with van der Waals surface area (Å²) in [6.45, 7) is 0. The predicted molar refractivity (Wildman–Crippen MR) is 81.4 cm³/mol. The number of halogens is 3. The Kier molecular flexibility index (Phi) is 4.88. The van der Waals surface area contributed by atoms with Crippen molar-refractivity contribution in [1.29, 1.82) is 0 Å². The Morgan fingerprint density at radius 1 is 1.12 bits per heavy atom. The molecule has 0 saturated carbocycles. The van der Waals surface area contributed by atoms with Gasteiger partial charge in [-0.05, 0) is 18.2 Å². The highest BCUT2D eigenvalue weighted by Gasteiger charge is 2.33. The van der Waals surface area contributed by atoms with E-state index in [2.05, 4.69) is 14.4 Å². The number of nitrogens with zero attached hydrogens (tertiary/aromatic N) is 1. The zero-order valence-electron chi connectivity index (χ0n) is 12.6. The first-order valence-corrected chi connectivity index (χ1v) is 8.34. The van der Waals surface area contributed by atoms with E-state index in [1.807, 2.05) is 0 Å². The molecule has 130 valence electrons. The lowest BCUT2D eigenvalue weighted by molar-refractivity contribution is -0.274. The zero-order valence-corrected chi connectivity index (χ0v) is 13.4. The van der Waals surface area contributed by atoms with Crippen LogP contribution in [0.1, 0.15) is 0 Å². The van der Waals surface area contributed by atoms with E-state index in [0.717, 1.165) is 12.3 Å². The largest absolute Gasteiger partial charge is 0.573 e. The van der Waals surface area contributed by atoms with Gasteiger partial charge in [-0.1, -0.05) is 0 Å². The maximum Gasteiger partial charge on any atom is 0.573 e. The van der Waals surface area contributed by atoms with E-state index in [1.165, 1.54) is 37.7 Å². The molecule has 0 saturated heterocycles. The van der Waals surface area contributed by atoms with Crippen LogP contribution < -0.4 is 14.2 Å². The van der Waals surface area contributed by atoms with Crippen molar-refractivity contribution in [2.75, 3.05) is 18.1 Å². The molecule has 1 aromatic carbocycles. The molecule has 0 bridgehead atoms. The minimum absolute atomic E-state index is 0.0522. The molecule has 0 aliphatic rings. The summed E-state index contributed by atoms with van der Waals surface area (Å²) in [6.07, 6.45) is -1.32. The Bertz CT molecular complexity index is 838. The van der Waals surface area contributed by atoms with Crippen molar-refractivity contribution in [1.82, 2.24) is 4.98 Å². The topological polar surface area (TPSA) is 77.5 Å². The van der Waals surface area contributed by atoms with Gasteiger partial charge >= 0.3 is 6.36 Å². The molecule has 2 aromatic rings. The summed E-state index contributed by atoms with van der Waals surface area (Å²) in [5.41, 5.74) is 0.254. The van der Waals surface area contributed by atoms with Gasteiger partial charge < -0.3 is 9.47 Å². The highest BCUT2D eigenvalue weighted by atomic mass is 32.2. The quantitative estimate of drug-likeness (QED) is 0.885. The van der Waals surface area contributed by atoms with Crippen LogP contribution in [0.2, 0.25) is 0 Å². The first-order valence-electron chi connectivity index (χ1n) is 6.45. The number of alkyl halides is 3. The Hall–Kier alpha value is -2.49. The second-order valence-electron chi connectivity index (χ2n) is 4.71. The van der Waals surface area contributed by atoms with E-state index in [1.54, 1.807) is 0 Å². The molecular formula is C14H13F3N2O4S. The first-order chi connectivity index (χ1) is 11.1. The molecule has 2 rings (SSSR count). The van der Waals surface area contributed by atoms with E-state index in [-0.39, 0.29) is 16.8 Å². The number of sulfonamides is 1. The summed E-state index contributed by atoms with van der Waals surface area (Å²) in [7, 11) is -2.29. The molecule has 1 aromatic heterocycles. The number of nitrogens with one attached hydrogen (secondary N) is 1. The fraction of sp³-hybridized carbons (Fsp3) is 0.214. The third kappa shape index (κ3) is 4.75. The summed E-state index contributed by atoms with van der Waals surface area (Å²) in [5.74, 6) is -0.289. The van der Waals surface area contributed by atoms with Crippen LogP contribution in [0, 0.1) is 0 Å². The Balaban J connectivity index is 2.58. The summed E-state index contributed by atoms with van der Waals surface area (Å²) in [4.78, 5) is 3.86. The Morgan fingerprint density at radius 2 is 1.83 bits per heavy atom. The Morgan fingerprint density at radius 3 is 2.42 bits per heavy atom. The molecule has 0 spiro atoms. The monoisotopic (exact) mass is 362 g/mol. The molecule has 0 aliphatic carbocycles. The molecule has 6 nitrogen and oxygen atoms in total. The van der Waals surface area contributed by atoms with Crippen LogP contribution in [-0.4, -0.2) is 33.1 Å². The van der Waals surface area contributed by atoms with Crippen molar-refractivity contribution < 1.29 is 31.1 Å². The first kappa shape index (κ1) is 17.9. The van der Waals surface area contributed by atoms with Crippen LogP contribution in [0.4, 0.5) is 18.9 Å². The molecule has 1 heterocycles.